The number of ether oxygens (including phenoxy) is 1. The first kappa shape index (κ1) is 17.5. The van der Waals surface area contributed by atoms with E-state index in [0.717, 1.165) is 5.56 Å². The number of carbonyl (C=O) groups is 1. The zero-order valence-corrected chi connectivity index (χ0v) is 13.3. The lowest BCUT2D eigenvalue weighted by Crippen LogP contribution is -2.48. The molecule has 1 aromatic rings. The molecular formula is C13H17Cl3N2O2. The quantitative estimate of drug-likeness (QED) is 0.901. The Balaban J connectivity index is 0.00000200. The lowest BCUT2D eigenvalue weighted by Gasteiger charge is -2.34. The van der Waals surface area contributed by atoms with E-state index in [1.807, 2.05) is 6.07 Å². The highest BCUT2D eigenvalue weighted by molar-refractivity contribution is 6.42. The normalized spacial score (nSPS) is 20.2. The summed E-state index contributed by atoms with van der Waals surface area (Å²) in [6.45, 7) is 3.23. The zero-order valence-electron chi connectivity index (χ0n) is 11.0. The van der Waals surface area contributed by atoms with Gasteiger partial charge in [-0.25, -0.2) is 0 Å². The maximum Gasteiger partial charge on any atom is 0.239 e. The molecule has 20 heavy (non-hydrogen) atoms. The number of benzene rings is 1. The first-order valence-corrected chi connectivity index (χ1v) is 6.85. The Morgan fingerprint density at radius 2 is 2.15 bits per heavy atom. The third-order valence-corrected chi connectivity index (χ3v) is 3.82. The highest BCUT2D eigenvalue weighted by atomic mass is 35.5. The Hall–Kier alpha value is -0.520. The van der Waals surface area contributed by atoms with Crippen LogP contribution in [-0.4, -0.2) is 36.5 Å². The Bertz CT molecular complexity index is 483. The fraction of sp³-hybridized carbons (Fsp3) is 0.462. The molecule has 1 aliphatic heterocycles. The van der Waals surface area contributed by atoms with Gasteiger partial charge < -0.3 is 15.4 Å². The Morgan fingerprint density at radius 3 is 2.75 bits per heavy atom. The van der Waals surface area contributed by atoms with Gasteiger partial charge in [-0.3, -0.25) is 4.79 Å². The van der Waals surface area contributed by atoms with Crippen molar-refractivity contribution in [1.29, 1.82) is 0 Å². The summed E-state index contributed by atoms with van der Waals surface area (Å²) in [5.74, 6) is -0.0617. The van der Waals surface area contributed by atoms with Gasteiger partial charge >= 0.3 is 0 Å². The molecule has 1 aliphatic rings. The average Bonchev–Trinajstić information content (AvgIpc) is 2.41. The predicted molar refractivity (Wildman–Crippen MR) is 82.6 cm³/mol. The maximum atomic E-state index is 11.9. The summed E-state index contributed by atoms with van der Waals surface area (Å²) in [5.41, 5.74) is 6.54. The van der Waals surface area contributed by atoms with Crippen LogP contribution in [0.3, 0.4) is 0 Å². The SMILES string of the molecule is C[C@H](N)C(=O)N1CCOC(c2ccc(Cl)c(Cl)c2)C1.Cl. The first-order valence-electron chi connectivity index (χ1n) is 6.10. The minimum atomic E-state index is -0.493. The molecule has 1 unspecified atom stereocenters. The van der Waals surface area contributed by atoms with E-state index < -0.39 is 6.04 Å². The van der Waals surface area contributed by atoms with E-state index in [2.05, 4.69) is 0 Å². The molecule has 0 bridgehead atoms. The highest BCUT2D eigenvalue weighted by Gasteiger charge is 2.27. The summed E-state index contributed by atoms with van der Waals surface area (Å²) in [5, 5.41) is 0.989. The first-order chi connectivity index (χ1) is 8.99. The van der Waals surface area contributed by atoms with Gasteiger partial charge in [0.2, 0.25) is 5.91 Å². The molecule has 1 aromatic carbocycles. The standard InChI is InChI=1S/C13H16Cl2N2O2.ClH/c1-8(16)13(18)17-4-5-19-12(7-17)9-2-3-10(14)11(15)6-9;/h2-3,6,8,12H,4-5,7,16H2,1H3;1H/t8-,12?;/m0./s1. The Morgan fingerprint density at radius 1 is 1.45 bits per heavy atom. The maximum absolute atomic E-state index is 11.9. The third-order valence-electron chi connectivity index (χ3n) is 3.08. The summed E-state index contributed by atoms with van der Waals surface area (Å²) < 4.78 is 5.68. The van der Waals surface area contributed by atoms with Crippen LogP contribution in [0.25, 0.3) is 0 Å². The van der Waals surface area contributed by atoms with Crippen molar-refractivity contribution in [3.8, 4) is 0 Å². The van der Waals surface area contributed by atoms with Gasteiger partial charge in [-0.15, -0.1) is 12.4 Å². The number of nitrogens with zero attached hydrogens (tertiary/aromatic N) is 1. The van der Waals surface area contributed by atoms with Crippen molar-refractivity contribution in [2.75, 3.05) is 19.7 Å². The van der Waals surface area contributed by atoms with Crippen molar-refractivity contribution in [2.24, 2.45) is 5.73 Å². The lowest BCUT2D eigenvalue weighted by molar-refractivity contribution is -0.140. The summed E-state index contributed by atoms with van der Waals surface area (Å²) in [6.07, 6.45) is -0.189. The number of amides is 1. The molecule has 0 aromatic heterocycles. The van der Waals surface area contributed by atoms with Crippen molar-refractivity contribution in [3.63, 3.8) is 0 Å². The van der Waals surface area contributed by atoms with Crippen molar-refractivity contribution < 1.29 is 9.53 Å². The van der Waals surface area contributed by atoms with E-state index in [9.17, 15) is 4.79 Å². The molecular weight excluding hydrogens is 323 g/mol. The summed E-state index contributed by atoms with van der Waals surface area (Å²) in [4.78, 5) is 13.6. The van der Waals surface area contributed by atoms with Crippen LogP contribution in [0.15, 0.2) is 18.2 Å². The topological polar surface area (TPSA) is 55.6 Å². The molecule has 0 aliphatic carbocycles. The van der Waals surface area contributed by atoms with E-state index >= 15 is 0 Å². The molecule has 112 valence electrons. The highest BCUT2D eigenvalue weighted by Crippen LogP contribution is 2.29. The zero-order chi connectivity index (χ0) is 14.0. The van der Waals surface area contributed by atoms with Crippen LogP contribution < -0.4 is 5.73 Å². The number of carbonyl (C=O) groups excluding carboxylic acids is 1. The van der Waals surface area contributed by atoms with Gasteiger partial charge in [0.15, 0.2) is 0 Å². The van der Waals surface area contributed by atoms with Crippen LogP contribution >= 0.6 is 35.6 Å². The second-order valence-electron chi connectivity index (χ2n) is 4.61. The van der Waals surface area contributed by atoms with Gasteiger partial charge in [-0.2, -0.15) is 0 Å². The minimum Gasteiger partial charge on any atom is -0.370 e. The van der Waals surface area contributed by atoms with Gasteiger partial charge in [-0.1, -0.05) is 29.3 Å². The van der Waals surface area contributed by atoms with E-state index in [1.54, 1.807) is 24.0 Å². The third kappa shape index (κ3) is 3.99. The van der Waals surface area contributed by atoms with Crippen LogP contribution in [-0.2, 0) is 9.53 Å². The number of nitrogens with two attached hydrogens (primary N) is 1. The van der Waals surface area contributed by atoms with Crippen molar-refractivity contribution in [1.82, 2.24) is 4.90 Å². The fourth-order valence-corrected chi connectivity index (χ4v) is 2.36. The van der Waals surface area contributed by atoms with E-state index in [-0.39, 0.29) is 24.4 Å². The van der Waals surface area contributed by atoms with Crippen LogP contribution in [0.1, 0.15) is 18.6 Å². The molecule has 2 rings (SSSR count). The number of halogens is 3. The Labute approximate surface area is 134 Å². The molecule has 7 heteroatoms. The molecule has 0 radical (unpaired) electrons. The second kappa shape index (κ2) is 7.48. The van der Waals surface area contributed by atoms with Gasteiger partial charge in [0.1, 0.15) is 6.10 Å². The van der Waals surface area contributed by atoms with E-state index in [1.165, 1.54) is 0 Å². The van der Waals surface area contributed by atoms with Crippen LogP contribution in [0.2, 0.25) is 10.0 Å². The molecule has 1 saturated heterocycles. The van der Waals surface area contributed by atoms with Crippen LogP contribution in [0.4, 0.5) is 0 Å². The van der Waals surface area contributed by atoms with Crippen molar-refractivity contribution >= 4 is 41.5 Å². The monoisotopic (exact) mass is 338 g/mol. The summed E-state index contributed by atoms with van der Waals surface area (Å²) in [7, 11) is 0. The van der Waals surface area contributed by atoms with Gasteiger partial charge in [0.05, 0.1) is 29.2 Å². The second-order valence-corrected chi connectivity index (χ2v) is 5.42. The smallest absolute Gasteiger partial charge is 0.239 e. The molecule has 1 fully saturated rings. The van der Waals surface area contributed by atoms with Crippen LogP contribution in [0.5, 0.6) is 0 Å². The molecule has 1 heterocycles. The van der Waals surface area contributed by atoms with Crippen LogP contribution in [0, 0.1) is 0 Å². The summed E-state index contributed by atoms with van der Waals surface area (Å²) in [6, 6.07) is 4.87. The molecule has 0 saturated carbocycles. The average molecular weight is 340 g/mol. The largest absolute Gasteiger partial charge is 0.370 e. The molecule has 2 atom stereocenters. The Kier molecular flexibility index (Phi) is 6.55. The number of hydrogen-bond acceptors (Lipinski definition) is 3. The van der Waals surface area contributed by atoms with Crippen molar-refractivity contribution in [2.45, 2.75) is 19.1 Å². The molecule has 1 amide bonds. The van der Waals surface area contributed by atoms with Gasteiger partial charge in [0.25, 0.3) is 0 Å². The fourth-order valence-electron chi connectivity index (χ4n) is 2.05. The minimum absolute atomic E-state index is 0. The van der Waals surface area contributed by atoms with E-state index in [0.29, 0.717) is 29.7 Å². The summed E-state index contributed by atoms with van der Waals surface area (Å²) >= 11 is 11.9. The molecule has 0 spiro atoms. The van der Waals surface area contributed by atoms with Gasteiger partial charge in [-0.05, 0) is 24.6 Å². The molecule has 2 N–H and O–H groups in total. The number of hydrogen-bond donors (Lipinski definition) is 1. The molecule has 4 nitrogen and oxygen atoms in total. The number of rotatable bonds is 2. The van der Waals surface area contributed by atoms with Crippen molar-refractivity contribution in [3.05, 3.63) is 33.8 Å². The predicted octanol–water partition coefficient (Wildman–Crippen LogP) is 2.66. The van der Waals surface area contributed by atoms with Gasteiger partial charge in [0, 0.05) is 6.54 Å². The number of morpholine rings is 1. The van der Waals surface area contributed by atoms with E-state index in [4.69, 9.17) is 33.7 Å². The lowest BCUT2D eigenvalue weighted by atomic mass is 10.1.